The summed E-state index contributed by atoms with van der Waals surface area (Å²) in [5.41, 5.74) is -0.522. The van der Waals surface area contributed by atoms with E-state index in [0.717, 1.165) is 12.1 Å². The molecule has 2 aromatic rings. The maximum absolute atomic E-state index is 12.5. The average Bonchev–Trinajstić information content (AvgIpc) is 2.46. The van der Waals surface area contributed by atoms with E-state index in [9.17, 15) is 23.1 Å². The van der Waals surface area contributed by atoms with Gasteiger partial charge in [-0.25, -0.2) is 0 Å². The number of carbonyl (C=O) groups excluding carboxylic acids is 1. The van der Waals surface area contributed by atoms with Crippen LogP contribution in [0.2, 0.25) is 0 Å². The van der Waals surface area contributed by atoms with Crippen molar-refractivity contribution < 1.29 is 23.1 Å². The van der Waals surface area contributed by atoms with Crippen LogP contribution in [0.5, 0.6) is 5.75 Å². The van der Waals surface area contributed by atoms with Gasteiger partial charge in [-0.05, 0) is 36.4 Å². The summed E-state index contributed by atoms with van der Waals surface area (Å²) >= 11 is 0. The van der Waals surface area contributed by atoms with Crippen molar-refractivity contribution in [2.75, 3.05) is 0 Å². The molecule has 21 heavy (non-hydrogen) atoms. The third-order valence-corrected chi connectivity index (χ3v) is 2.59. The Morgan fingerprint density at radius 1 is 1.00 bits per heavy atom. The van der Waals surface area contributed by atoms with Crippen LogP contribution in [0.15, 0.2) is 52.7 Å². The van der Waals surface area contributed by atoms with E-state index in [1.54, 1.807) is 0 Å². The summed E-state index contributed by atoms with van der Waals surface area (Å²) in [5.74, 6) is -0.206. The predicted molar refractivity (Wildman–Crippen MR) is 69.1 cm³/mol. The summed E-state index contributed by atoms with van der Waals surface area (Å²) in [6.07, 6.45) is -4.01. The van der Waals surface area contributed by atoms with Crippen LogP contribution in [0, 0.1) is 0 Å². The minimum atomic E-state index is -4.45. The Balaban J connectivity index is 2.27. The summed E-state index contributed by atoms with van der Waals surface area (Å²) < 4.78 is 37.6. The number of nitrogens with zero attached hydrogens (tertiary/aromatic N) is 2. The molecule has 0 atom stereocenters. The summed E-state index contributed by atoms with van der Waals surface area (Å²) in [6, 6.07) is 8.32. The minimum absolute atomic E-state index is 0.0236. The van der Waals surface area contributed by atoms with E-state index in [4.69, 9.17) is 0 Å². The number of carbonyl (C=O) groups is 1. The zero-order valence-corrected chi connectivity index (χ0v) is 10.5. The molecule has 0 unspecified atom stereocenters. The lowest BCUT2D eigenvalue weighted by Crippen LogP contribution is -2.03. The van der Waals surface area contributed by atoms with Crippen molar-refractivity contribution in [3.63, 3.8) is 0 Å². The first-order valence-corrected chi connectivity index (χ1v) is 5.77. The van der Waals surface area contributed by atoms with Crippen LogP contribution in [0.25, 0.3) is 0 Å². The monoisotopic (exact) mass is 294 g/mol. The van der Waals surface area contributed by atoms with Gasteiger partial charge < -0.3 is 5.11 Å². The highest BCUT2D eigenvalue weighted by Crippen LogP contribution is 2.32. The van der Waals surface area contributed by atoms with Gasteiger partial charge in [0.2, 0.25) is 0 Å². The second-order valence-electron chi connectivity index (χ2n) is 4.11. The molecule has 0 spiro atoms. The Morgan fingerprint density at radius 2 is 1.67 bits per heavy atom. The molecule has 0 aliphatic rings. The van der Waals surface area contributed by atoms with Gasteiger partial charge in [-0.3, -0.25) is 4.79 Å². The number of halogens is 3. The van der Waals surface area contributed by atoms with Crippen molar-refractivity contribution in [3.8, 4) is 5.75 Å². The van der Waals surface area contributed by atoms with Crippen LogP contribution in [-0.4, -0.2) is 11.4 Å². The fraction of sp³-hybridized carbons (Fsp3) is 0.0714. The standard InChI is InChI=1S/C14H9F3N2O2/c15-14(16,17)10-2-1-3-11(7-10)18-19-12-4-5-13(21)9(6-12)8-20/h1-8,21H/b19-18+. The largest absolute Gasteiger partial charge is 0.507 e. The maximum Gasteiger partial charge on any atom is 0.416 e. The van der Waals surface area contributed by atoms with Crippen LogP contribution < -0.4 is 0 Å². The number of benzene rings is 2. The molecule has 0 aromatic heterocycles. The predicted octanol–water partition coefficient (Wildman–Crippen LogP) is 4.64. The van der Waals surface area contributed by atoms with E-state index < -0.39 is 11.7 Å². The lowest BCUT2D eigenvalue weighted by atomic mass is 10.2. The molecular formula is C14H9F3N2O2. The lowest BCUT2D eigenvalue weighted by molar-refractivity contribution is -0.137. The lowest BCUT2D eigenvalue weighted by Gasteiger charge is -2.05. The topological polar surface area (TPSA) is 62.0 Å². The van der Waals surface area contributed by atoms with Crippen LogP contribution in [0.4, 0.5) is 24.5 Å². The third kappa shape index (κ3) is 3.65. The van der Waals surface area contributed by atoms with E-state index in [2.05, 4.69) is 10.2 Å². The summed E-state index contributed by atoms with van der Waals surface area (Å²) in [5, 5.41) is 16.7. The van der Waals surface area contributed by atoms with Crippen molar-refractivity contribution in [3.05, 3.63) is 53.6 Å². The van der Waals surface area contributed by atoms with Gasteiger partial charge in [0.05, 0.1) is 22.5 Å². The number of phenolic OH excluding ortho intramolecular Hbond substituents is 1. The van der Waals surface area contributed by atoms with E-state index >= 15 is 0 Å². The van der Waals surface area contributed by atoms with Gasteiger partial charge in [0.15, 0.2) is 6.29 Å². The Kier molecular flexibility index (Phi) is 4.02. The number of hydrogen-bond donors (Lipinski definition) is 1. The average molecular weight is 294 g/mol. The smallest absolute Gasteiger partial charge is 0.416 e. The van der Waals surface area contributed by atoms with E-state index in [0.29, 0.717) is 6.29 Å². The van der Waals surface area contributed by atoms with Gasteiger partial charge in [0.25, 0.3) is 0 Å². The summed E-state index contributed by atoms with van der Waals surface area (Å²) in [6.45, 7) is 0. The Morgan fingerprint density at radius 3 is 2.29 bits per heavy atom. The molecule has 0 heterocycles. The quantitative estimate of drug-likeness (QED) is 0.662. The zero-order chi connectivity index (χ0) is 15.5. The number of phenols is 1. The summed E-state index contributed by atoms with van der Waals surface area (Å²) in [7, 11) is 0. The Labute approximate surface area is 117 Å². The van der Waals surface area contributed by atoms with E-state index in [1.165, 1.54) is 30.3 Å². The van der Waals surface area contributed by atoms with Crippen LogP contribution in [0.1, 0.15) is 15.9 Å². The third-order valence-electron chi connectivity index (χ3n) is 2.59. The maximum atomic E-state index is 12.5. The van der Waals surface area contributed by atoms with Crippen molar-refractivity contribution in [1.29, 1.82) is 0 Å². The van der Waals surface area contributed by atoms with E-state index in [-0.39, 0.29) is 22.7 Å². The molecule has 2 rings (SSSR count). The molecule has 0 aliphatic carbocycles. The minimum Gasteiger partial charge on any atom is -0.507 e. The second-order valence-corrected chi connectivity index (χ2v) is 4.11. The molecule has 0 amide bonds. The van der Waals surface area contributed by atoms with Crippen LogP contribution >= 0.6 is 0 Å². The molecule has 0 bridgehead atoms. The van der Waals surface area contributed by atoms with Gasteiger partial charge in [-0.15, -0.1) is 0 Å². The molecular weight excluding hydrogens is 285 g/mol. The molecule has 2 aromatic carbocycles. The second kappa shape index (κ2) is 5.74. The van der Waals surface area contributed by atoms with E-state index in [1.807, 2.05) is 0 Å². The molecule has 108 valence electrons. The van der Waals surface area contributed by atoms with Crippen molar-refractivity contribution in [1.82, 2.24) is 0 Å². The Bertz CT molecular complexity index is 697. The fourth-order valence-electron chi connectivity index (χ4n) is 1.56. The molecule has 4 nitrogen and oxygen atoms in total. The van der Waals surface area contributed by atoms with Gasteiger partial charge in [-0.2, -0.15) is 23.4 Å². The molecule has 0 fully saturated rings. The first kappa shape index (κ1) is 14.7. The number of aldehydes is 1. The molecule has 7 heteroatoms. The van der Waals surface area contributed by atoms with Crippen LogP contribution in [0.3, 0.4) is 0 Å². The fourth-order valence-corrected chi connectivity index (χ4v) is 1.56. The Hall–Kier alpha value is -2.70. The first-order chi connectivity index (χ1) is 9.90. The van der Waals surface area contributed by atoms with Crippen molar-refractivity contribution >= 4 is 17.7 Å². The summed E-state index contributed by atoms with van der Waals surface area (Å²) in [4.78, 5) is 10.7. The number of rotatable bonds is 3. The molecule has 0 aliphatic heterocycles. The van der Waals surface area contributed by atoms with Gasteiger partial charge in [0, 0.05) is 0 Å². The number of alkyl halides is 3. The van der Waals surface area contributed by atoms with Crippen LogP contribution in [-0.2, 0) is 6.18 Å². The highest BCUT2D eigenvalue weighted by molar-refractivity contribution is 5.80. The van der Waals surface area contributed by atoms with Gasteiger partial charge >= 0.3 is 6.18 Å². The molecule has 1 N–H and O–H groups in total. The first-order valence-electron chi connectivity index (χ1n) is 5.77. The zero-order valence-electron chi connectivity index (χ0n) is 10.5. The number of hydrogen-bond acceptors (Lipinski definition) is 4. The van der Waals surface area contributed by atoms with Crippen molar-refractivity contribution in [2.24, 2.45) is 10.2 Å². The normalized spacial score (nSPS) is 11.8. The van der Waals surface area contributed by atoms with Gasteiger partial charge in [-0.1, -0.05) is 6.07 Å². The highest BCUT2D eigenvalue weighted by atomic mass is 19.4. The SMILES string of the molecule is O=Cc1cc(/N=N/c2cccc(C(F)(F)F)c2)ccc1O. The number of azo groups is 1. The van der Waals surface area contributed by atoms with Crippen molar-refractivity contribution in [2.45, 2.75) is 6.18 Å². The van der Waals surface area contributed by atoms with Gasteiger partial charge in [0.1, 0.15) is 5.75 Å². The molecule has 0 saturated heterocycles. The number of aromatic hydroxyl groups is 1. The molecule has 0 saturated carbocycles. The highest BCUT2D eigenvalue weighted by Gasteiger charge is 2.30. The molecule has 0 radical (unpaired) electrons.